The summed E-state index contributed by atoms with van der Waals surface area (Å²) in [6.07, 6.45) is 1.30. The van der Waals surface area contributed by atoms with Crippen molar-refractivity contribution >= 4 is 33.4 Å². The number of sulfonamides is 1. The number of furan rings is 1. The van der Waals surface area contributed by atoms with Gasteiger partial charge < -0.3 is 4.42 Å². The SMILES string of the molecule is C[C@H](NS(=O)(=O)c1cccc(Cl)c1)C(=O)NNC(=O)c1ccco1. The second-order valence-corrected chi connectivity index (χ2v) is 6.87. The highest BCUT2D eigenvalue weighted by molar-refractivity contribution is 7.89. The lowest BCUT2D eigenvalue weighted by atomic mass is 10.3. The van der Waals surface area contributed by atoms with Gasteiger partial charge in [0.1, 0.15) is 0 Å². The van der Waals surface area contributed by atoms with Crippen molar-refractivity contribution < 1.29 is 22.4 Å². The summed E-state index contributed by atoms with van der Waals surface area (Å²) in [5, 5.41) is 0.251. The number of halogens is 1. The number of hydrazine groups is 1. The summed E-state index contributed by atoms with van der Waals surface area (Å²) in [4.78, 5) is 23.4. The fourth-order valence-electron chi connectivity index (χ4n) is 1.68. The Balaban J connectivity index is 1.94. The van der Waals surface area contributed by atoms with Crippen molar-refractivity contribution in [3.05, 3.63) is 53.4 Å². The zero-order valence-corrected chi connectivity index (χ0v) is 14.0. The van der Waals surface area contributed by atoms with Crippen molar-refractivity contribution in [2.24, 2.45) is 0 Å². The highest BCUT2D eigenvalue weighted by atomic mass is 35.5. The minimum atomic E-state index is -3.94. The van der Waals surface area contributed by atoms with Crippen molar-refractivity contribution in [3.8, 4) is 0 Å². The smallest absolute Gasteiger partial charge is 0.305 e. The van der Waals surface area contributed by atoms with Crippen LogP contribution in [0.5, 0.6) is 0 Å². The van der Waals surface area contributed by atoms with Crippen molar-refractivity contribution in [1.82, 2.24) is 15.6 Å². The van der Waals surface area contributed by atoms with Crippen molar-refractivity contribution in [2.45, 2.75) is 17.9 Å². The maximum atomic E-state index is 12.2. The molecule has 10 heteroatoms. The molecule has 0 radical (unpaired) electrons. The Morgan fingerprint density at radius 2 is 1.92 bits per heavy atom. The Kier molecular flexibility index (Phi) is 5.60. The van der Waals surface area contributed by atoms with E-state index < -0.39 is 27.9 Å². The molecule has 1 heterocycles. The van der Waals surface area contributed by atoms with E-state index in [1.165, 1.54) is 49.6 Å². The summed E-state index contributed by atoms with van der Waals surface area (Å²) < 4.78 is 31.4. The summed E-state index contributed by atoms with van der Waals surface area (Å²) in [5.74, 6) is -1.42. The van der Waals surface area contributed by atoms with Crippen LogP contribution in [0.1, 0.15) is 17.5 Å². The molecule has 128 valence electrons. The minimum absolute atomic E-state index is 0.00228. The molecular weight excluding hydrogens is 358 g/mol. The average molecular weight is 372 g/mol. The van der Waals surface area contributed by atoms with Gasteiger partial charge in [0.05, 0.1) is 17.2 Å². The van der Waals surface area contributed by atoms with Crippen LogP contribution in [0, 0.1) is 0 Å². The number of carbonyl (C=O) groups is 2. The van der Waals surface area contributed by atoms with Crippen molar-refractivity contribution in [2.75, 3.05) is 0 Å². The van der Waals surface area contributed by atoms with E-state index in [4.69, 9.17) is 16.0 Å². The van der Waals surface area contributed by atoms with E-state index >= 15 is 0 Å². The molecule has 0 bridgehead atoms. The van der Waals surface area contributed by atoms with Gasteiger partial charge in [-0.3, -0.25) is 20.4 Å². The number of hydrogen-bond donors (Lipinski definition) is 3. The molecule has 1 aromatic heterocycles. The first-order valence-electron chi connectivity index (χ1n) is 6.71. The van der Waals surface area contributed by atoms with Crippen LogP contribution < -0.4 is 15.6 Å². The molecule has 0 aliphatic rings. The van der Waals surface area contributed by atoms with Crippen LogP contribution in [0.15, 0.2) is 52.0 Å². The first-order chi connectivity index (χ1) is 11.3. The average Bonchev–Trinajstić information content (AvgIpc) is 3.06. The van der Waals surface area contributed by atoms with Gasteiger partial charge in [0.25, 0.3) is 5.91 Å². The largest absolute Gasteiger partial charge is 0.459 e. The van der Waals surface area contributed by atoms with Crippen molar-refractivity contribution in [1.29, 1.82) is 0 Å². The van der Waals surface area contributed by atoms with Gasteiger partial charge in [-0.1, -0.05) is 17.7 Å². The maximum Gasteiger partial charge on any atom is 0.305 e. The quantitative estimate of drug-likeness (QED) is 0.679. The molecule has 0 saturated heterocycles. The third-order valence-corrected chi connectivity index (χ3v) is 4.65. The summed E-state index contributed by atoms with van der Waals surface area (Å²) >= 11 is 5.76. The third-order valence-electron chi connectivity index (χ3n) is 2.88. The van der Waals surface area contributed by atoms with E-state index in [0.29, 0.717) is 0 Å². The van der Waals surface area contributed by atoms with Crippen LogP contribution >= 0.6 is 11.6 Å². The molecule has 0 aliphatic heterocycles. The van der Waals surface area contributed by atoms with Gasteiger partial charge in [-0.2, -0.15) is 4.72 Å². The van der Waals surface area contributed by atoms with Gasteiger partial charge in [-0.05, 0) is 37.3 Å². The number of hydrogen-bond acceptors (Lipinski definition) is 5. The number of benzene rings is 1. The Morgan fingerprint density at radius 1 is 1.17 bits per heavy atom. The molecule has 0 saturated carbocycles. The Labute approximate surface area is 143 Å². The first kappa shape index (κ1) is 18.0. The lowest BCUT2D eigenvalue weighted by molar-refractivity contribution is -0.123. The van der Waals surface area contributed by atoms with Crippen LogP contribution in [0.4, 0.5) is 0 Å². The fourth-order valence-corrected chi connectivity index (χ4v) is 3.19. The first-order valence-corrected chi connectivity index (χ1v) is 8.57. The van der Waals surface area contributed by atoms with Crippen LogP contribution in [0.3, 0.4) is 0 Å². The zero-order valence-electron chi connectivity index (χ0n) is 12.4. The topological polar surface area (TPSA) is 118 Å². The molecule has 0 spiro atoms. The van der Waals surface area contributed by atoms with Crippen LogP contribution in [-0.4, -0.2) is 26.3 Å². The number of carbonyl (C=O) groups excluding carboxylic acids is 2. The summed E-state index contributed by atoms with van der Waals surface area (Å²) in [6, 6.07) is 7.40. The monoisotopic (exact) mass is 371 g/mol. The van der Waals surface area contributed by atoms with Crippen molar-refractivity contribution in [3.63, 3.8) is 0 Å². The normalized spacial score (nSPS) is 12.4. The predicted molar refractivity (Wildman–Crippen MR) is 85.6 cm³/mol. The molecule has 0 unspecified atom stereocenters. The molecule has 3 N–H and O–H groups in total. The Morgan fingerprint density at radius 3 is 2.54 bits per heavy atom. The number of rotatable bonds is 5. The van der Waals surface area contributed by atoms with E-state index in [1.54, 1.807) is 0 Å². The van der Waals surface area contributed by atoms with E-state index in [0.717, 1.165) is 0 Å². The van der Waals surface area contributed by atoms with Gasteiger partial charge in [-0.25, -0.2) is 8.42 Å². The minimum Gasteiger partial charge on any atom is -0.459 e. The van der Waals surface area contributed by atoms with E-state index in [9.17, 15) is 18.0 Å². The number of nitrogens with one attached hydrogen (secondary N) is 3. The number of amides is 2. The van der Waals surface area contributed by atoms with Gasteiger partial charge in [0.2, 0.25) is 10.0 Å². The van der Waals surface area contributed by atoms with Gasteiger partial charge >= 0.3 is 5.91 Å². The van der Waals surface area contributed by atoms with Crippen LogP contribution in [0.2, 0.25) is 5.02 Å². The fraction of sp³-hybridized carbons (Fsp3) is 0.143. The molecule has 0 aliphatic carbocycles. The molecule has 2 rings (SSSR count). The Hall–Kier alpha value is -2.36. The second kappa shape index (κ2) is 7.47. The molecule has 0 fully saturated rings. The lowest BCUT2D eigenvalue weighted by Crippen LogP contribution is -2.50. The van der Waals surface area contributed by atoms with Gasteiger partial charge in [0.15, 0.2) is 5.76 Å². The summed E-state index contributed by atoms with van der Waals surface area (Å²) in [5.41, 5.74) is 4.22. The predicted octanol–water partition coefficient (Wildman–Crippen LogP) is 1.06. The van der Waals surface area contributed by atoms with E-state index in [-0.39, 0.29) is 15.7 Å². The zero-order chi connectivity index (χ0) is 17.7. The second-order valence-electron chi connectivity index (χ2n) is 4.72. The van der Waals surface area contributed by atoms with E-state index in [1.807, 2.05) is 0 Å². The maximum absolute atomic E-state index is 12.2. The molecular formula is C14H14ClN3O5S. The highest BCUT2D eigenvalue weighted by Gasteiger charge is 2.22. The molecule has 24 heavy (non-hydrogen) atoms. The standard InChI is InChI=1S/C14H14ClN3O5S/c1-9(13(19)16-17-14(20)12-6-3-7-23-12)18-24(21,22)11-5-2-4-10(15)8-11/h2-9,18H,1H3,(H,16,19)(H,17,20)/t9-/m0/s1. The Bertz CT molecular complexity index is 836. The van der Waals surface area contributed by atoms with Gasteiger partial charge in [0, 0.05) is 5.02 Å². The molecule has 1 atom stereocenters. The molecule has 2 aromatic rings. The molecule has 2 amide bonds. The van der Waals surface area contributed by atoms with Crippen LogP contribution in [-0.2, 0) is 14.8 Å². The highest BCUT2D eigenvalue weighted by Crippen LogP contribution is 2.15. The lowest BCUT2D eigenvalue weighted by Gasteiger charge is -2.14. The molecule has 1 aromatic carbocycles. The summed E-state index contributed by atoms with van der Waals surface area (Å²) in [7, 11) is -3.94. The van der Waals surface area contributed by atoms with Crippen LogP contribution in [0.25, 0.3) is 0 Å². The van der Waals surface area contributed by atoms with Gasteiger partial charge in [-0.15, -0.1) is 0 Å². The molecule has 8 nitrogen and oxygen atoms in total. The summed E-state index contributed by atoms with van der Waals surface area (Å²) in [6.45, 7) is 1.33. The third kappa shape index (κ3) is 4.57. The van der Waals surface area contributed by atoms with E-state index in [2.05, 4.69) is 15.6 Å².